The number of halogens is 1. The van der Waals surface area contributed by atoms with Crippen LogP contribution in [0.1, 0.15) is 27.0 Å². The summed E-state index contributed by atoms with van der Waals surface area (Å²) in [6.45, 7) is 3.63. The third-order valence-electron chi connectivity index (χ3n) is 2.06. The lowest BCUT2D eigenvalue weighted by Crippen LogP contribution is -2.06. The van der Waals surface area contributed by atoms with E-state index in [1.807, 2.05) is 19.9 Å². The summed E-state index contributed by atoms with van der Waals surface area (Å²) in [5.41, 5.74) is 2.84. The van der Waals surface area contributed by atoms with Crippen molar-refractivity contribution in [1.82, 2.24) is 0 Å². The van der Waals surface area contributed by atoms with E-state index in [4.69, 9.17) is 16.9 Å². The minimum absolute atomic E-state index is 0.0203. The van der Waals surface area contributed by atoms with E-state index in [1.54, 1.807) is 12.1 Å². The standard InChI is InChI=1S/C11H10ClNO/c1-7-3-9(6-13)4-8(2)11(7)10(14)5-12/h3-4H,5H2,1-2H3. The fourth-order valence-electron chi connectivity index (χ4n) is 1.53. The van der Waals surface area contributed by atoms with Crippen molar-refractivity contribution in [2.45, 2.75) is 13.8 Å². The maximum absolute atomic E-state index is 11.4. The molecule has 0 N–H and O–H groups in total. The summed E-state index contributed by atoms with van der Waals surface area (Å²) < 4.78 is 0. The first kappa shape index (κ1) is 10.7. The zero-order valence-corrected chi connectivity index (χ0v) is 8.85. The first-order chi connectivity index (χ1) is 6.60. The highest BCUT2D eigenvalue weighted by Gasteiger charge is 2.11. The number of aryl methyl sites for hydroxylation is 2. The van der Waals surface area contributed by atoms with Gasteiger partial charge < -0.3 is 0 Å². The van der Waals surface area contributed by atoms with E-state index in [0.717, 1.165) is 11.1 Å². The molecule has 0 atom stereocenters. The quantitative estimate of drug-likeness (QED) is 0.553. The maximum Gasteiger partial charge on any atom is 0.178 e. The summed E-state index contributed by atoms with van der Waals surface area (Å²) >= 11 is 5.49. The predicted octanol–water partition coefficient (Wildman–Crippen LogP) is 2.60. The first-order valence-corrected chi connectivity index (χ1v) is 4.74. The molecule has 0 amide bonds. The molecule has 1 aromatic rings. The number of ketones is 1. The molecule has 14 heavy (non-hydrogen) atoms. The number of nitriles is 1. The monoisotopic (exact) mass is 207 g/mol. The first-order valence-electron chi connectivity index (χ1n) is 4.20. The van der Waals surface area contributed by atoms with E-state index in [-0.39, 0.29) is 11.7 Å². The average Bonchev–Trinajstić information content (AvgIpc) is 2.16. The molecule has 3 heteroatoms. The Kier molecular flexibility index (Phi) is 3.27. The summed E-state index contributed by atoms with van der Waals surface area (Å²) in [5.74, 6) is -0.112. The van der Waals surface area contributed by atoms with Crippen LogP contribution in [0.15, 0.2) is 12.1 Å². The number of hydrogen-bond donors (Lipinski definition) is 0. The van der Waals surface area contributed by atoms with Crippen molar-refractivity contribution >= 4 is 17.4 Å². The number of nitrogens with zero attached hydrogens (tertiary/aromatic N) is 1. The maximum atomic E-state index is 11.4. The van der Waals surface area contributed by atoms with Crippen LogP contribution in [-0.2, 0) is 0 Å². The summed E-state index contributed by atoms with van der Waals surface area (Å²) in [7, 11) is 0. The number of carbonyl (C=O) groups is 1. The van der Waals surface area contributed by atoms with Crippen molar-refractivity contribution in [3.05, 3.63) is 34.4 Å². The molecule has 0 spiro atoms. The van der Waals surface area contributed by atoms with Gasteiger partial charge in [0, 0.05) is 5.56 Å². The summed E-state index contributed by atoms with van der Waals surface area (Å²) in [6.07, 6.45) is 0. The zero-order valence-electron chi connectivity index (χ0n) is 8.10. The highest BCUT2D eigenvalue weighted by molar-refractivity contribution is 6.30. The molecule has 0 saturated heterocycles. The van der Waals surface area contributed by atoms with Crippen molar-refractivity contribution in [1.29, 1.82) is 5.26 Å². The topological polar surface area (TPSA) is 40.9 Å². The van der Waals surface area contributed by atoms with Crippen molar-refractivity contribution < 1.29 is 4.79 Å². The number of hydrogen-bond acceptors (Lipinski definition) is 2. The van der Waals surface area contributed by atoms with Crippen LogP contribution in [0.4, 0.5) is 0 Å². The van der Waals surface area contributed by atoms with Gasteiger partial charge >= 0.3 is 0 Å². The normalized spacial score (nSPS) is 9.57. The van der Waals surface area contributed by atoms with Crippen molar-refractivity contribution in [3.63, 3.8) is 0 Å². The molecule has 72 valence electrons. The van der Waals surface area contributed by atoms with Crippen LogP contribution in [0.25, 0.3) is 0 Å². The van der Waals surface area contributed by atoms with E-state index < -0.39 is 0 Å². The van der Waals surface area contributed by atoms with E-state index in [2.05, 4.69) is 0 Å². The number of benzene rings is 1. The van der Waals surface area contributed by atoms with E-state index in [0.29, 0.717) is 11.1 Å². The molecular weight excluding hydrogens is 198 g/mol. The Morgan fingerprint density at radius 1 is 1.43 bits per heavy atom. The third kappa shape index (κ3) is 1.94. The van der Waals surface area contributed by atoms with Crippen molar-refractivity contribution in [3.8, 4) is 6.07 Å². The molecule has 1 rings (SSSR count). The van der Waals surface area contributed by atoms with Gasteiger partial charge in [-0.2, -0.15) is 5.26 Å². The number of carbonyl (C=O) groups excluding carboxylic acids is 1. The molecule has 0 saturated carbocycles. The SMILES string of the molecule is Cc1cc(C#N)cc(C)c1C(=O)CCl. The van der Waals surface area contributed by atoms with Crippen LogP contribution in [0.3, 0.4) is 0 Å². The molecule has 0 aromatic heterocycles. The second-order valence-corrected chi connectivity index (χ2v) is 3.42. The fourth-order valence-corrected chi connectivity index (χ4v) is 1.67. The van der Waals surface area contributed by atoms with Crippen molar-refractivity contribution in [2.75, 3.05) is 5.88 Å². The molecule has 0 unspecified atom stereocenters. The predicted molar refractivity (Wildman–Crippen MR) is 55.7 cm³/mol. The van der Waals surface area contributed by atoms with E-state index in [1.165, 1.54) is 0 Å². The molecule has 0 aliphatic carbocycles. The Morgan fingerprint density at radius 3 is 2.29 bits per heavy atom. The molecule has 0 radical (unpaired) electrons. The number of alkyl halides is 1. The lowest BCUT2D eigenvalue weighted by Gasteiger charge is -2.07. The molecular formula is C11H10ClNO. The molecule has 0 fully saturated rings. The average molecular weight is 208 g/mol. The van der Waals surface area contributed by atoms with Crippen LogP contribution < -0.4 is 0 Å². The van der Waals surface area contributed by atoms with Crippen LogP contribution in [0.5, 0.6) is 0 Å². The third-order valence-corrected chi connectivity index (χ3v) is 2.30. The lowest BCUT2D eigenvalue weighted by atomic mass is 9.97. The van der Waals surface area contributed by atoms with Gasteiger partial charge in [0.1, 0.15) is 0 Å². The Hall–Kier alpha value is -1.33. The van der Waals surface area contributed by atoms with Gasteiger partial charge in [-0.1, -0.05) is 0 Å². The van der Waals surface area contributed by atoms with E-state index in [9.17, 15) is 4.79 Å². The number of Topliss-reactive ketones (excluding diaryl/α,β-unsaturated/α-hetero) is 1. The highest BCUT2D eigenvalue weighted by atomic mass is 35.5. The molecule has 0 heterocycles. The van der Waals surface area contributed by atoms with Crippen LogP contribution in [0.2, 0.25) is 0 Å². The Balaban J connectivity index is 3.34. The second-order valence-electron chi connectivity index (χ2n) is 3.15. The zero-order chi connectivity index (χ0) is 10.7. The lowest BCUT2D eigenvalue weighted by molar-refractivity contribution is 0.102. The van der Waals surface area contributed by atoms with Crippen LogP contribution in [0, 0.1) is 25.2 Å². The Labute approximate surface area is 88.1 Å². The van der Waals surface area contributed by atoms with Gasteiger partial charge in [0.2, 0.25) is 0 Å². The van der Waals surface area contributed by atoms with Crippen molar-refractivity contribution in [2.24, 2.45) is 0 Å². The molecule has 0 aliphatic heterocycles. The highest BCUT2D eigenvalue weighted by Crippen LogP contribution is 2.17. The summed E-state index contributed by atoms with van der Waals surface area (Å²) in [6, 6.07) is 5.45. The van der Waals surface area contributed by atoms with Crippen LogP contribution >= 0.6 is 11.6 Å². The van der Waals surface area contributed by atoms with Crippen LogP contribution in [-0.4, -0.2) is 11.7 Å². The minimum atomic E-state index is -0.0915. The summed E-state index contributed by atoms with van der Waals surface area (Å²) in [5, 5.41) is 8.71. The van der Waals surface area contributed by atoms with Gasteiger partial charge in [-0.15, -0.1) is 11.6 Å². The van der Waals surface area contributed by atoms with Gasteiger partial charge in [0.25, 0.3) is 0 Å². The largest absolute Gasteiger partial charge is 0.293 e. The smallest absolute Gasteiger partial charge is 0.178 e. The van der Waals surface area contributed by atoms with Gasteiger partial charge in [0.05, 0.1) is 17.5 Å². The Morgan fingerprint density at radius 2 is 1.93 bits per heavy atom. The minimum Gasteiger partial charge on any atom is -0.293 e. The molecule has 1 aromatic carbocycles. The molecule has 2 nitrogen and oxygen atoms in total. The van der Waals surface area contributed by atoms with Gasteiger partial charge in [-0.05, 0) is 37.1 Å². The molecule has 0 bridgehead atoms. The fraction of sp³-hybridized carbons (Fsp3) is 0.273. The number of rotatable bonds is 2. The van der Waals surface area contributed by atoms with Gasteiger partial charge in [0.15, 0.2) is 5.78 Å². The van der Waals surface area contributed by atoms with E-state index >= 15 is 0 Å². The molecule has 0 aliphatic rings. The Bertz CT molecular complexity index is 395. The summed E-state index contributed by atoms with van der Waals surface area (Å²) in [4.78, 5) is 11.4. The van der Waals surface area contributed by atoms with Gasteiger partial charge in [-0.3, -0.25) is 4.79 Å². The van der Waals surface area contributed by atoms with Gasteiger partial charge in [-0.25, -0.2) is 0 Å². The second kappa shape index (κ2) is 4.26.